The predicted octanol–water partition coefficient (Wildman–Crippen LogP) is 5.90. The lowest BCUT2D eigenvalue weighted by Crippen LogP contribution is -2.55. The number of thioether (sulfide) groups is 1. The Bertz CT molecular complexity index is 1440. The van der Waals surface area contributed by atoms with Crippen molar-refractivity contribution in [1.29, 1.82) is 0 Å². The molecule has 0 saturated carbocycles. The van der Waals surface area contributed by atoms with E-state index in [-0.39, 0.29) is 28.2 Å². The third kappa shape index (κ3) is 3.94. The van der Waals surface area contributed by atoms with Crippen molar-refractivity contribution in [3.8, 4) is 0 Å². The van der Waals surface area contributed by atoms with Crippen molar-refractivity contribution >= 4 is 34.2 Å². The summed E-state index contributed by atoms with van der Waals surface area (Å²) in [6.07, 6.45) is 1.70. The number of hydrogen-bond donors (Lipinski definition) is 1. The van der Waals surface area contributed by atoms with Gasteiger partial charge in [-0.2, -0.15) is 0 Å². The van der Waals surface area contributed by atoms with Gasteiger partial charge in [0.05, 0.1) is 28.1 Å². The third-order valence-electron chi connectivity index (χ3n) is 7.25. The van der Waals surface area contributed by atoms with Crippen LogP contribution in [0.25, 0.3) is 11.0 Å². The van der Waals surface area contributed by atoms with E-state index in [1.807, 2.05) is 28.8 Å². The Morgan fingerprint density at radius 1 is 0.971 bits per heavy atom. The number of aromatic amines is 1. The van der Waals surface area contributed by atoms with Gasteiger partial charge in [-0.15, -0.1) is 0 Å². The summed E-state index contributed by atoms with van der Waals surface area (Å²) in [5.41, 5.74) is 3.56. The fraction of sp³-hybridized carbons (Fsp3) is 0.296. The fourth-order valence-electron chi connectivity index (χ4n) is 5.49. The number of H-pyrrole nitrogens is 1. The van der Waals surface area contributed by atoms with Gasteiger partial charge in [0.2, 0.25) is 0 Å². The van der Waals surface area contributed by atoms with E-state index in [2.05, 4.69) is 21.7 Å². The van der Waals surface area contributed by atoms with Gasteiger partial charge in [-0.3, -0.25) is 9.47 Å². The van der Waals surface area contributed by atoms with Gasteiger partial charge in [0.25, 0.3) is 0 Å². The molecule has 1 atom stereocenters. The molecule has 2 aliphatic heterocycles. The Morgan fingerprint density at radius 2 is 1.69 bits per heavy atom. The first kappa shape index (κ1) is 22.4. The van der Waals surface area contributed by atoms with E-state index in [1.165, 1.54) is 18.2 Å². The second kappa shape index (κ2) is 8.53. The molecule has 0 amide bonds. The van der Waals surface area contributed by atoms with Crippen molar-refractivity contribution in [1.82, 2.24) is 14.5 Å². The summed E-state index contributed by atoms with van der Waals surface area (Å²) in [5, 5.41) is 0. The van der Waals surface area contributed by atoms with Crippen LogP contribution in [0.5, 0.6) is 0 Å². The number of halogens is 2. The molecule has 1 fully saturated rings. The molecule has 3 aromatic carbocycles. The van der Waals surface area contributed by atoms with Crippen LogP contribution in [-0.2, 0) is 0 Å². The predicted molar refractivity (Wildman–Crippen MR) is 136 cm³/mol. The second-order valence-corrected chi connectivity index (χ2v) is 11.0. The maximum Gasteiger partial charge on any atom is 0.326 e. The lowest BCUT2D eigenvalue weighted by Gasteiger charge is -2.50. The monoisotopic (exact) mass is 492 g/mol. The lowest BCUT2D eigenvalue weighted by molar-refractivity contribution is 0.127. The molecule has 1 saturated heterocycles. The van der Waals surface area contributed by atoms with E-state index >= 15 is 0 Å². The number of fused-ring (bicyclic) bond motifs is 2. The van der Waals surface area contributed by atoms with E-state index in [0.717, 1.165) is 53.2 Å². The molecule has 4 aromatic rings. The van der Waals surface area contributed by atoms with Crippen LogP contribution < -0.4 is 10.6 Å². The summed E-state index contributed by atoms with van der Waals surface area (Å²) >= 11 is 1.68. The second-order valence-electron chi connectivity index (χ2n) is 9.49. The minimum absolute atomic E-state index is 0.0604. The molecule has 6 rings (SSSR count). The van der Waals surface area contributed by atoms with Crippen LogP contribution in [0.2, 0.25) is 0 Å². The van der Waals surface area contributed by atoms with Crippen molar-refractivity contribution in [2.45, 2.75) is 35.6 Å². The molecule has 1 N–H and O–H groups in total. The molecule has 2 aliphatic rings. The SMILES string of the molecule is CC1(N2CCC(n3c(=O)[nH]c4ccccc43)CC2)CN(c2ccc(F)cc2)c2ccc(F)cc2S1. The number of imidazole rings is 1. The van der Waals surface area contributed by atoms with Gasteiger partial charge in [0.15, 0.2) is 0 Å². The quantitative estimate of drug-likeness (QED) is 0.387. The van der Waals surface area contributed by atoms with E-state index < -0.39 is 0 Å². The van der Waals surface area contributed by atoms with E-state index in [0.29, 0.717) is 6.54 Å². The van der Waals surface area contributed by atoms with Crippen molar-refractivity contribution in [2.75, 3.05) is 24.5 Å². The number of nitrogens with zero attached hydrogens (tertiary/aromatic N) is 3. The zero-order valence-corrected chi connectivity index (χ0v) is 20.2. The van der Waals surface area contributed by atoms with Gasteiger partial charge in [-0.1, -0.05) is 23.9 Å². The molecule has 1 unspecified atom stereocenters. The molecule has 3 heterocycles. The number of benzene rings is 3. The zero-order chi connectivity index (χ0) is 24.2. The maximum atomic E-state index is 14.2. The molecule has 0 spiro atoms. The number of para-hydroxylation sites is 2. The smallest absolute Gasteiger partial charge is 0.326 e. The highest BCUT2D eigenvalue weighted by Gasteiger charge is 2.42. The average molecular weight is 493 g/mol. The normalized spacial score (nSPS) is 21.4. The van der Waals surface area contributed by atoms with E-state index in [1.54, 1.807) is 36.0 Å². The fourth-order valence-corrected chi connectivity index (χ4v) is 6.92. The summed E-state index contributed by atoms with van der Waals surface area (Å²) < 4.78 is 29.7. The Balaban J connectivity index is 1.28. The summed E-state index contributed by atoms with van der Waals surface area (Å²) in [6, 6.07) is 19.3. The van der Waals surface area contributed by atoms with Crippen LogP contribution in [-0.4, -0.2) is 39.0 Å². The van der Waals surface area contributed by atoms with Crippen LogP contribution in [0.1, 0.15) is 25.8 Å². The van der Waals surface area contributed by atoms with Gasteiger partial charge in [0, 0.05) is 29.7 Å². The number of anilines is 2. The van der Waals surface area contributed by atoms with Gasteiger partial charge >= 0.3 is 5.69 Å². The van der Waals surface area contributed by atoms with Gasteiger partial charge in [-0.25, -0.2) is 13.6 Å². The Hall–Kier alpha value is -3.10. The van der Waals surface area contributed by atoms with Crippen molar-refractivity contribution in [3.05, 3.63) is 88.8 Å². The Morgan fingerprint density at radius 3 is 2.46 bits per heavy atom. The summed E-state index contributed by atoms with van der Waals surface area (Å²) in [4.78, 5) is 20.8. The molecule has 0 radical (unpaired) electrons. The summed E-state index contributed by atoms with van der Waals surface area (Å²) in [7, 11) is 0. The number of rotatable bonds is 3. The number of hydrogen-bond acceptors (Lipinski definition) is 4. The molecular formula is C27H26F2N4OS. The van der Waals surface area contributed by atoms with Crippen molar-refractivity contribution in [2.24, 2.45) is 0 Å². The van der Waals surface area contributed by atoms with E-state index in [9.17, 15) is 13.6 Å². The first-order valence-corrected chi connectivity index (χ1v) is 12.7. The molecule has 180 valence electrons. The number of nitrogens with one attached hydrogen (secondary N) is 1. The molecule has 5 nitrogen and oxygen atoms in total. The zero-order valence-electron chi connectivity index (χ0n) is 19.4. The highest BCUT2D eigenvalue weighted by molar-refractivity contribution is 8.00. The molecule has 0 aliphatic carbocycles. The number of aromatic nitrogens is 2. The Kier molecular flexibility index (Phi) is 5.45. The first-order chi connectivity index (χ1) is 16.9. The standard InChI is InChI=1S/C27H26F2N4OS/c1-27(31-14-12-21(13-15-31)33-23-5-3-2-4-22(23)30-26(33)34)17-32(20-9-6-18(28)7-10-20)24-11-8-19(29)16-25(24)35-27/h2-11,16,21H,12-15,17H2,1H3,(H,30,34). The largest absolute Gasteiger partial charge is 0.338 e. The highest BCUT2D eigenvalue weighted by atomic mass is 32.2. The summed E-state index contributed by atoms with van der Waals surface area (Å²) in [6.45, 7) is 4.52. The maximum absolute atomic E-state index is 14.2. The van der Waals surface area contributed by atoms with Crippen LogP contribution in [0, 0.1) is 11.6 Å². The minimum Gasteiger partial charge on any atom is -0.338 e. The highest BCUT2D eigenvalue weighted by Crippen LogP contribution is 2.49. The van der Waals surface area contributed by atoms with Crippen molar-refractivity contribution < 1.29 is 8.78 Å². The summed E-state index contributed by atoms with van der Waals surface area (Å²) in [5.74, 6) is -0.547. The lowest BCUT2D eigenvalue weighted by atomic mass is 10.0. The van der Waals surface area contributed by atoms with Crippen LogP contribution in [0.15, 0.2) is 76.4 Å². The number of likely N-dealkylation sites (tertiary alicyclic amines) is 1. The van der Waals surface area contributed by atoms with Gasteiger partial charge in [-0.05, 0) is 74.4 Å². The van der Waals surface area contributed by atoms with E-state index in [4.69, 9.17) is 0 Å². The average Bonchev–Trinajstić information content (AvgIpc) is 3.19. The molecule has 1 aromatic heterocycles. The minimum atomic E-state index is -0.314. The first-order valence-electron chi connectivity index (χ1n) is 11.9. The molecule has 35 heavy (non-hydrogen) atoms. The van der Waals surface area contributed by atoms with Crippen LogP contribution >= 0.6 is 11.8 Å². The Labute approximate surface area is 206 Å². The van der Waals surface area contributed by atoms with Crippen molar-refractivity contribution in [3.63, 3.8) is 0 Å². The van der Waals surface area contributed by atoms with Gasteiger partial charge in [0.1, 0.15) is 11.6 Å². The molecular weight excluding hydrogens is 466 g/mol. The molecule has 0 bridgehead atoms. The van der Waals surface area contributed by atoms with Crippen LogP contribution in [0.3, 0.4) is 0 Å². The van der Waals surface area contributed by atoms with Gasteiger partial charge < -0.3 is 9.88 Å². The topological polar surface area (TPSA) is 44.3 Å². The molecule has 8 heteroatoms. The van der Waals surface area contributed by atoms with Crippen LogP contribution in [0.4, 0.5) is 20.2 Å². The third-order valence-corrected chi connectivity index (χ3v) is 8.63. The number of piperidine rings is 1.